The fourth-order valence-corrected chi connectivity index (χ4v) is 3.18. The number of carbonyl (C=O) groups excluding carboxylic acids is 1. The van der Waals surface area contributed by atoms with Crippen LogP contribution in [0.15, 0.2) is 0 Å². The van der Waals surface area contributed by atoms with Crippen LogP contribution in [0.5, 0.6) is 0 Å². The van der Waals surface area contributed by atoms with Gasteiger partial charge in [-0.05, 0) is 47.0 Å². The molecule has 0 spiro atoms. The fourth-order valence-electron chi connectivity index (χ4n) is 3.18. The third kappa shape index (κ3) is 2.97. The molecule has 0 unspecified atom stereocenters. The third-order valence-corrected chi connectivity index (χ3v) is 3.63. The Bertz CT molecular complexity index is 257. The molecule has 1 fully saturated rings. The second-order valence-corrected chi connectivity index (χ2v) is 6.10. The van der Waals surface area contributed by atoms with Crippen LogP contribution in [0.1, 0.15) is 48.0 Å². The number of carbonyl (C=O) groups is 1. The molecular formula is C13H26N2O. The van der Waals surface area contributed by atoms with Gasteiger partial charge in [0.15, 0.2) is 0 Å². The molecule has 1 rings (SSSR count). The average Bonchev–Trinajstić information content (AvgIpc) is 2.36. The maximum absolute atomic E-state index is 10.9. The van der Waals surface area contributed by atoms with E-state index in [1.54, 1.807) is 6.92 Å². The van der Waals surface area contributed by atoms with Crippen molar-refractivity contribution in [1.82, 2.24) is 10.2 Å². The van der Waals surface area contributed by atoms with Gasteiger partial charge in [-0.15, -0.1) is 0 Å². The first kappa shape index (κ1) is 13.5. The molecule has 0 aromatic carbocycles. The highest BCUT2D eigenvalue weighted by Gasteiger charge is 2.41. The van der Waals surface area contributed by atoms with Crippen LogP contribution in [-0.4, -0.2) is 35.0 Å². The Morgan fingerprint density at radius 3 is 2.31 bits per heavy atom. The summed E-state index contributed by atoms with van der Waals surface area (Å²) in [5.74, 6) is 0.659. The topological polar surface area (TPSA) is 32.3 Å². The van der Waals surface area contributed by atoms with E-state index in [0.29, 0.717) is 18.0 Å². The molecule has 0 aromatic rings. The van der Waals surface area contributed by atoms with Crippen LogP contribution in [0.25, 0.3) is 0 Å². The predicted octanol–water partition coefficient (Wildman–Crippen LogP) is 2.02. The molecule has 3 nitrogen and oxygen atoms in total. The molecule has 0 saturated carbocycles. The zero-order valence-corrected chi connectivity index (χ0v) is 11.5. The number of rotatable bonds is 2. The van der Waals surface area contributed by atoms with Crippen molar-refractivity contribution in [2.75, 3.05) is 6.54 Å². The second-order valence-electron chi connectivity index (χ2n) is 6.10. The molecule has 1 aliphatic rings. The van der Waals surface area contributed by atoms with E-state index in [0.717, 1.165) is 6.54 Å². The predicted molar refractivity (Wildman–Crippen MR) is 67.3 cm³/mol. The molecule has 1 heterocycles. The van der Waals surface area contributed by atoms with Gasteiger partial charge < -0.3 is 5.32 Å². The number of hydrogen-bond acceptors (Lipinski definition) is 2. The van der Waals surface area contributed by atoms with Gasteiger partial charge in [0.25, 0.3) is 0 Å². The molecule has 3 atom stereocenters. The summed E-state index contributed by atoms with van der Waals surface area (Å²) in [4.78, 5) is 13.5. The summed E-state index contributed by atoms with van der Waals surface area (Å²) in [5.41, 5.74) is 0.212. The van der Waals surface area contributed by atoms with Crippen molar-refractivity contribution in [3.05, 3.63) is 0 Å². The third-order valence-electron chi connectivity index (χ3n) is 3.63. The van der Waals surface area contributed by atoms with E-state index < -0.39 is 0 Å². The van der Waals surface area contributed by atoms with Crippen LogP contribution < -0.4 is 5.32 Å². The van der Waals surface area contributed by atoms with Crippen molar-refractivity contribution in [3.63, 3.8) is 0 Å². The molecule has 3 heteroatoms. The minimum absolute atomic E-state index is 0.0778. The van der Waals surface area contributed by atoms with Crippen molar-refractivity contribution in [2.24, 2.45) is 5.92 Å². The quantitative estimate of drug-likeness (QED) is 0.781. The fraction of sp³-hybridized carbons (Fsp3) is 0.923. The summed E-state index contributed by atoms with van der Waals surface area (Å²) in [6, 6.07) is 1.15. The Labute approximate surface area is 99.6 Å². The summed E-state index contributed by atoms with van der Waals surface area (Å²) < 4.78 is 0. The minimum Gasteiger partial charge on any atom is -0.356 e. The van der Waals surface area contributed by atoms with Gasteiger partial charge >= 0.3 is 0 Å². The minimum atomic E-state index is 0.0778. The maximum atomic E-state index is 10.9. The van der Waals surface area contributed by atoms with Gasteiger partial charge in [-0.25, -0.2) is 0 Å². The first-order chi connectivity index (χ1) is 7.23. The number of nitrogens with one attached hydrogen (secondary N) is 1. The molecule has 94 valence electrons. The van der Waals surface area contributed by atoms with E-state index in [-0.39, 0.29) is 11.4 Å². The highest BCUT2D eigenvalue weighted by Crippen LogP contribution is 2.35. The van der Waals surface area contributed by atoms with Gasteiger partial charge in [0.1, 0.15) is 0 Å². The van der Waals surface area contributed by atoms with E-state index in [1.165, 1.54) is 6.42 Å². The van der Waals surface area contributed by atoms with Crippen molar-refractivity contribution in [2.45, 2.75) is 65.6 Å². The Balaban J connectivity index is 2.63. The van der Waals surface area contributed by atoms with Crippen LogP contribution in [0, 0.1) is 5.92 Å². The van der Waals surface area contributed by atoms with Crippen LogP contribution in [-0.2, 0) is 4.79 Å². The molecule has 1 aliphatic heterocycles. The van der Waals surface area contributed by atoms with Crippen LogP contribution in [0.2, 0.25) is 0 Å². The van der Waals surface area contributed by atoms with Crippen molar-refractivity contribution < 1.29 is 4.79 Å². The van der Waals surface area contributed by atoms with Crippen LogP contribution >= 0.6 is 0 Å². The first-order valence-corrected chi connectivity index (χ1v) is 6.26. The second kappa shape index (κ2) is 4.74. The largest absolute Gasteiger partial charge is 0.356 e. The molecule has 0 radical (unpaired) electrons. The van der Waals surface area contributed by atoms with Crippen LogP contribution in [0.3, 0.4) is 0 Å². The summed E-state index contributed by atoms with van der Waals surface area (Å²) in [7, 11) is 0. The number of hydrogen-bond donors (Lipinski definition) is 1. The maximum Gasteiger partial charge on any atom is 0.216 e. The van der Waals surface area contributed by atoms with Gasteiger partial charge in [-0.2, -0.15) is 0 Å². The summed E-state index contributed by atoms with van der Waals surface area (Å²) in [5, 5.41) is 2.94. The van der Waals surface area contributed by atoms with E-state index in [4.69, 9.17) is 0 Å². The molecule has 1 N–H and O–H groups in total. The molecule has 0 aliphatic carbocycles. The lowest BCUT2D eigenvalue weighted by molar-refractivity contribution is -0.119. The standard InChI is InChI=1S/C13H26N2O/c1-9-7-12(8-14-11(3)16)10(2)15(9)13(4,5)6/h9-10,12H,7-8H2,1-6H3,(H,14,16)/t9-,10-,12-/m1/s1. The van der Waals surface area contributed by atoms with E-state index >= 15 is 0 Å². The van der Waals surface area contributed by atoms with Crippen molar-refractivity contribution in [3.8, 4) is 0 Å². The van der Waals surface area contributed by atoms with Gasteiger partial charge in [-0.3, -0.25) is 9.69 Å². The smallest absolute Gasteiger partial charge is 0.216 e. The summed E-state index contributed by atoms with van der Waals surface area (Å²) in [6.07, 6.45) is 1.18. The van der Waals surface area contributed by atoms with Crippen LogP contribution in [0.4, 0.5) is 0 Å². The molecule has 16 heavy (non-hydrogen) atoms. The summed E-state index contributed by atoms with van der Waals surface area (Å²) in [6.45, 7) is 13.8. The van der Waals surface area contributed by atoms with Gasteiger partial charge in [0.2, 0.25) is 5.91 Å². The zero-order valence-electron chi connectivity index (χ0n) is 11.5. The molecule has 0 bridgehead atoms. The molecule has 0 aromatic heterocycles. The Kier molecular flexibility index (Phi) is 4.00. The van der Waals surface area contributed by atoms with E-state index in [2.05, 4.69) is 44.8 Å². The SMILES string of the molecule is CC(=O)NC[C@H]1C[C@@H](C)N(C(C)(C)C)[C@@H]1C. The normalized spacial score (nSPS) is 31.8. The lowest BCUT2D eigenvalue weighted by atomic mass is 9.99. The average molecular weight is 226 g/mol. The lowest BCUT2D eigenvalue weighted by Gasteiger charge is -2.39. The van der Waals surface area contributed by atoms with E-state index in [1.807, 2.05) is 0 Å². The van der Waals surface area contributed by atoms with Gasteiger partial charge in [0, 0.05) is 31.1 Å². The molecule has 1 amide bonds. The summed E-state index contributed by atoms with van der Waals surface area (Å²) >= 11 is 0. The van der Waals surface area contributed by atoms with Gasteiger partial charge in [-0.1, -0.05) is 0 Å². The number of amides is 1. The number of nitrogens with zero attached hydrogens (tertiary/aromatic N) is 1. The monoisotopic (exact) mass is 226 g/mol. The highest BCUT2D eigenvalue weighted by molar-refractivity contribution is 5.72. The first-order valence-electron chi connectivity index (χ1n) is 6.26. The lowest BCUT2D eigenvalue weighted by Crippen LogP contribution is -2.48. The highest BCUT2D eigenvalue weighted by atomic mass is 16.1. The Hall–Kier alpha value is -0.570. The van der Waals surface area contributed by atoms with E-state index in [9.17, 15) is 4.79 Å². The van der Waals surface area contributed by atoms with Crippen molar-refractivity contribution in [1.29, 1.82) is 0 Å². The Morgan fingerprint density at radius 2 is 1.94 bits per heavy atom. The molecule has 1 saturated heterocycles. The Morgan fingerprint density at radius 1 is 1.38 bits per heavy atom. The van der Waals surface area contributed by atoms with Crippen molar-refractivity contribution >= 4 is 5.91 Å². The number of likely N-dealkylation sites (tertiary alicyclic amines) is 1. The van der Waals surface area contributed by atoms with Gasteiger partial charge in [0.05, 0.1) is 0 Å². The zero-order chi connectivity index (χ0) is 12.5. The molecular weight excluding hydrogens is 200 g/mol.